The Morgan fingerprint density at radius 2 is 1.60 bits per heavy atom. The quantitative estimate of drug-likeness (QED) is 0.642. The van der Waals surface area contributed by atoms with Crippen LogP contribution >= 0.6 is 0 Å². The van der Waals surface area contributed by atoms with Crippen molar-refractivity contribution in [2.75, 3.05) is 52.4 Å². The summed E-state index contributed by atoms with van der Waals surface area (Å²) in [6, 6.07) is 7.44. The van der Waals surface area contributed by atoms with Gasteiger partial charge in [-0.1, -0.05) is 27.2 Å². The van der Waals surface area contributed by atoms with E-state index in [-0.39, 0.29) is 11.8 Å². The highest BCUT2D eigenvalue weighted by Gasteiger charge is 2.28. The van der Waals surface area contributed by atoms with E-state index in [9.17, 15) is 9.59 Å². The third-order valence-corrected chi connectivity index (χ3v) is 6.11. The first-order chi connectivity index (χ1) is 14.5. The zero-order chi connectivity index (χ0) is 21.5. The van der Waals surface area contributed by atoms with Crippen molar-refractivity contribution in [3.63, 3.8) is 0 Å². The van der Waals surface area contributed by atoms with Crippen LogP contribution < -0.4 is 4.74 Å². The van der Waals surface area contributed by atoms with Crippen molar-refractivity contribution in [1.29, 1.82) is 0 Å². The van der Waals surface area contributed by atoms with E-state index >= 15 is 0 Å². The van der Waals surface area contributed by atoms with E-state index in [0.29, 0.717) is 43.6 Å². The van der Waals surface area contributed by atoms with Gasteiger partial charge in [0.2, 0.25) is 5.91 Å². The maximum absolute atomic E-state index is 12.8. The molecule has 30 heavy (non-hydrogen) atoms. The molecule has 3 rings (SSSR count). The normalized spacial score (nSPS) is 22.8. The van der Waals surface area contributed by atoms with Crippen molar-refractivity contribution in [2.45, 2.75) is 40.0 Å². The van der Waals surface area contributed by atoms with Crippen molar-refractivity contribution in [3.05, 3.63) is 29.8 Å². The number of ether oxygens (including phenoxy) is 1. The molecule has 2 aliphatic heterocycles. The van der Waals surface area contributed by atoms with Crippen molar-refractivity contribution in [1.82, 2.24) is 14.7 Å². The first kappa shape index (κ1) is 22.6. The number of unbranched alkanes of at least 4 members (excludes halogenated alkanes) is 1. The predicted octanol–water partition coefficient (Wildman–Crippen LogP) is 3.13. The van der Waals surface area contributed by atoms with Gasteiger partial charge >= 0.3 is 0 Å². The Balaban J connectivity index is 1.44. The standard InChI is InChI=1S/C24H37N3O3/c1-4-5-14-30-22-8-6-21(7-9-22)24(29)26-12-10-25(11-13-26)18-23(28)27-16-19(2)15-20(3)17-27/h6-9,19-20H,4-5,10-18H2,1-3H3. The van der Waals surface area contributed by atoms with Crippen molar-refractivity contribution in [3.8, 4) is 5.75 Å². The molecule has 0 aromatic heterocycles. The molecule has 2 amide bonds. The van der Waals surface area contributed by atoms with E-state index in [1.165, 1.54) is 6.42 Å². The van der Waals surface area contributed by atoms with Crippen LogP contribution in [0.3, 0.4) is 0 Å². The van der Waals surface area contributed by atoms with E-state index in [1.807, 2.05) is 34.1 Å². The average Bonchev–Trinajstić information content (AvgIpc) is 2.74. The van der Waals surface area contributed by atoms with E-state index in [2.05, 4.69) is 25.7 Å². The summed E-state index contributed by atoms with van der Waals surface area (Å²) in [5, 5.41) is 0. The van der Waals surface area contributed by atoms with Crippen LogP contribution in [0.4, 0.5) is 0 Å². The monoisotopic (exact) mass is 415 g/mol. The zero-order valence-corrected chi connectivity index (χ0v) is 18.8. The molecule has 0 aliphatic carbocycles. The molecule has 2 heterocycles. The smallest absolute Gasteiger partial charge is 0.253 e. The number of benzene rings is 1. The van der Waals surface area contributed by atoms with Crippen LogP contribution in [0, 0.1) is 11.8 Å². The van der Waals surface area contributed by atoms with Crippen LogP contribution in [0.1, 0.15) is 50.4 Å². The number of nitrogens with zero attached hydrogens (tertiary/aromatic N) is 3. The highest BCUT2D eigenvalue weighted by atomic mass is 16.5. The van der Waals surface area contributed by atoms with Crippen LogP contribution in [-0.4, -0.2) is 78.9 Å². The van der Waals surface area contributed by atoms with E-state index in [1.54, 1.807) is 0 Å². The molecule has 1 aromatic carbocycles. The Morgan fingerprint density at radius 1 is 0.967 bits per heavy atom. The van der Waals surface area contributed by atoms with Crippen molar-refractivity contribution in [2.24, 2.45) is 11.8 Å². The molecule has 2 saturated heterocycles. The highest BCUT2D eigenvalue weighted by molar-refractivity contribution is 5.94. The van der Waals surface area contributed by atoms with Gasteiger partial charge in [-0.15, -0.1) is 0 Å². The Kier molecular flexibility index (Phi) is 8.14. The number of amides is 2. The van der Waals surface area contributed by atoms with Crippen LogP contribution in [0.2, 0.25) is 0 Å². The third-order valence-electron chi connectivity index (χ3n) is 6.11. The Bertz CT molecular complexity index is 688. The largest absolute Gasteiger partial charge is 0.494 e. The molecule has 2 aliphatic rings. The summed E-state index contributed by atoms with van der Waals surface area (Å²) in [5.74, 6) is 2.25. The minimum atomic E-state index is 0.0553. The predicted molar refractivity (Wildman–Crippen MR) is 119 cm³/mol. The summed E-state index contributed by atoms with van der Waals surface area (Å²) >= 11 is 0. The molecule has 6 nitrogen and oxygen atoms in total. The molecule has 2 unspecified atom stereocenters. The zero-order valence-electron chi connectivity index (χ0n) is 18.8. The van der Waals surface area contributed by atoms with Gasteiger partial charge in [0.1, 0.15) is 5.75 Å². The van der Waals surface area contributed by atoms with Gasteiger partial charge in [-0.05, 0) is 48.9 Å². The van der Waals surface area contributed by atoms with Crippen LogP contribution in [0.5, 0.6) is 5.75 Å². The second kappa shape index (κ2) is 10.8. The summed E-state index contributed by atoms with van der Waals surface area (Å²) < 4.78 is 5.67. The minimum Gasteiger partial charge on any atom is -0.494 e. The molecule has 2 atom stereocenters. The lowest BCUT2D eigenvalue weighted by molar-refractivity contribution is -0.135. The highest BCUT2D eigenvalue weighted by Crippen LogP contribution is 2.21. The summed E-state index contributed by atoms with van der Waals surface area (Å²) in [5.41, 5.74) is 0.693. The lowest BCUT2D eigenvalue weighted by atomic mass is 9.92. The van der Waals surface area contributed by atoms with Gasteiger partial charge in [0, 0.05) is 44.8 Å². The first-order valence-electron chi connectivity index (χ1n) is 11.5. The SMILES string of the molecule is CCCCOc1ccc(C(=O)N2CCN(CC(=O)N3CC(C)CC(C)C3)CC2)cc1. The minimum absolute atomic E-state index is 0.0553. The number of piperazine rings is 1. The van der Waals surface area contributed by atoms with Gasteiger partial charge in [0.15, 0.2) is 0 Å². The van der Waals surface area contributed by atoms with Crippen molar-refractivity contribution >= 4 is 11.8 Å². The van der Waals surface area contributed by atoms with E-state index < -0.39 is 0 Å². The number of carbonyl (C=O) groups is 2. The summed E-state index contributed by atoms with van der Waals surface area (Å²) in [6.45, 7) is 12.3. The second-order valence-corrected chi connectivity index (χ2v) is 9.04. The number of hydrogen-bond acceptors (Lipinski definition) is 4. The topological polar surface area (TPSA) is 53.1 Å². The van der Waals surface area contributed by atoms with Gasteiger partial charge in [-0.3, -0.25) is 14.5 Å². The van der Waals surface area contributed by atoms with Gasteiger partial charge in [-0.2, -0.15) is 0 Å². The molecule has 0 spiro atoms. The summed E-state index contributed by atoms with van der Waals surface area (Å²) in [7, 11) is 0. The molecule has 6 heteroatoms. The molecule has 2 fully saturated rings. The molecule has 0 N–H and O–H groups in total. The lowest BCUT2D eigenvalue weighted by Gasteiger charge is -2.38. The third kappa shape index (κ3) is 6.21. The Labute approximate surface area is 181 Å². The van der Waals surface area contributed by atoms with E-state index in [4.69, 9.17) is 4.74 Å². The number of piperidine rings is 1. The van der Waals surface area contributed by atoms with Gasteiger partial charge in [0.05, 0.1) is 13.2 Å². The van der Waals surface area contributed by atoms with Gasteiger partial charge in [-0.25, -0.2) is 0 Å². The second-order valence-electron chi connectivity index (χ2n) is 9.04. The number of carbonyl (C=O) groups excluding carboxylic acids is 2. The maximum atomic E-state index is 12.8. The maximum Gasteiger partial charge on any atom is 0.253 e. The molecule has 0 radical (unpaired) electrons. The fraction of sp³-hybridized carbons (Fsp3) is 0.667. The molecular formula is C24H37N3O3. The van der Waals surface area contributed by atoms with Gasteiger partial charge in [0.25, 0.3) is 5.91 Å². The summed E-state index contributed by atoms with van der Waals surface area (Å²) in [6.07, 6.45) is 3.34. The Morgan fingerprint density at radius 3 is 2.20 bits per heavy atom. The molecular weight excluding hydrogens is 378 g/mol. The van der Waals surface area contributed by atoms with Crippen LogP contribution in [-0.2, 0) is 4.79 Å². The number of rotatable bonds is 7. The van der Waals surface area contributed by atoms with Crippen LogP contribution in [0.25, 0.3) is 0 Å². The van der Waals surface area contributed by atoms with Crippen molar-refractivity contribution < 1.29 is 14.3 Å². The fourth-order valence-corrected chi connectivity index (χ4v) is 4.48. The van der Waals surface area contributed by atoms with Crippen LogP contribution in [0.15, 0.2) is 24.3 Å². The average molecular weight is 416 g/mol. The molecule has 1 aromatic rings. The van der Waals surface area contributed by atoms with Gasteiger partial charge < -0.3 is 14.5 Å². The molecule has 0 saturated carbocycles. The van der Waals surface area contributed by atoms with E-state index in [0.717, 1.165) is 44.8 Å². The fourth-order valence-electron chi connectivity index (χ4n) is 4.48. The number of likely N-dealkylation sites (tertiary alicyclic amines) is 1. The Hall–Kier alpha value is -2.08. The molecule has 166 valence electrons. The summed E-state index contributed by atoms with van der Waals surface area (Å²) in [4.78, 5) is 31.6. The first-order valence-corrected chi connectivity index (χ1v) is 11.5. The lowest BCUT2D eigenvalue weighted by Crippen LogP contribution is -2.53. The molecule has 0 bridgehead atoms. The number of hydrogen-bond donors (Lipinski definition) is 0.